The van der Waals surface area contributed by atoms with Gasteiger partial charge >= 0.3 is 0 Å². The van der Waals surface area contributed by atoms with Crippen LogP contribution in [0.3, 0.4) is 0 Å². The molecule has 2 rings (SSSR count). The number of benzene rings is 1. The molecule has 0 radical (unpaired) electrons. The van der Waals surface area contributed by atoms with Crippen molar-refractivity contribution in [3.8, 4) is 0 Å². The Kier molecular flexibility index (Phi) is 3.50. The Morgan fingerprint density at radius 2 is 1.84 bits per heavy atom. The summed E-state index contributed by atoms with van der Waals surface area (Å²) in [4.78, 5) is 0.0392. The predicted molar refractivity (Wildman–Crippen MR) is 68.1 cm³/mol. The van der Waals surface area contributed by atoms with Crippen LogP contribution in [0.15, 0.2) is 56.0 Å². The van der Waals surface area contributed by atoms with Crippen LogP contribution in [-0.2, 0) is 9.84 Å². The molecule has 6 nitrogen and oxygen atoms in total. The number of halogens is 1. The average molecular weight is 301 g/mol. The molecule has 1 aromatic heterocycles. The lowest BCUT2D eigenvalue weighted by Gasteiger charge is -2.01. The summed E-state index contributed by atoms with van der Waals surface area (Å²) in [6.45, 7) is 0. The lowest BCUT2D eigenvalue weighted by atomic mass is 10.4. The highest BCUT2D eigenvalue weighted by Gasteiger charge is 2.22. The van der Waals surface area contributed by atoms with Gasteiger partial charge in [-0.2, -0.15) is 0 Å². The van der Waals surface area contributed by atoms with Gasteiger partial charge in [-0.15, -0.1) is 0 Å². The Morgan fingerprint density at radius 3 is 2.42 bits per heavy atom. The number of hydrogen-bond donors (Lipinski definition) is 2. The summed E-state index contributed by atoms with van der Waals surface area (Å²) in [7, 11) is -3.79. The molecule has 100 valence electrons. The zero-order chi connectivity index (χ0) is 14.0. The van der Waals surface area contributed by atoms with E-state index >= 15 is 0 Å². The number of nitrogens with zero attached hydrogens (tertiary/aromatic N) is 1. The molecule has 0 fully saturated rings. The molecular weight excluding hydrogens is 292 g/mol. The molecule has 0 saturated heterocycles. The van der Waals surface area contributed by atoms with Gasteiger partial charge < -0.3 is 15.4 Å². The maximum absolute atomic E-state index is 12.2. The smallest absolute Gasteiger partial charge is 0.239 e. The van der Waals surface area contributed by atoms with E-state index in [0.717, 1.165) is 0 Å². The first-order valence-corrected chi connectivity index (χ1v) is 6.89. The molecule has 0 amide bonds. The van der Waals surface area contributed by atoms with Crippen LogP contribution in [0.1, 0.15) is 5.76 Å². The Morgan fingerprint density at radius 1 is 1.21 bits per heavy atom. The molecule has 0 spiro atoms. The standard InChI is InChI=1S/C11H9ClN2O4S/c12-7-1-3-8(4-2-7)19(16,17)10-6-5-9(18-10)11(13)14-15/h1-6,15H,(H2,13,14). The van der Waals surface area contributed by atoms with Crippen LogP contribution in [0.4, 0.5) is 0 Å². The van der Waals surface area contributed by atoms with Crippen molar-refractivity contribution in [3.05, 3.63) is 47.2 Å². The molecule has 0 atom stereocenters. The molecule has 0 bridgehead atoms. The fourth-order valence-electron chi connectivity index (χ4n) is 1.38. The predicted octanol–water partition coefficient (Wildman–Crippen LogP) is 1.86. The SMILES string of the molecule is NC(=NO)c1ccc(S(=O)(=O)c2ccc(Cl)cc2)o1. The zero-order valence-corrected chi connectivity index (χ0v) is 11.0. The fourth-order valence-corrected chi connectivity index (χ4v) is 2.68. The summed E-state index contributed by atoms with van der Waals surface area (Å²) in [5, 5.41) is 11.3. The van der Waals surface area contributed by atoms with Gasteiger partial charge in [-0.3, -0.25) is 0 Å². The van der Waals surface area contributed by atoms with Crippen molar-refractivity contribution in [1.82, 2.24) is 0 Å². The molecule has 0 saturated carbocycles. The largest absolute Gasteiger partial charge is 0.441 e. The summed E-state index contributed by atoms with van der Waals surface area (Å²) >= 11 is 5.69. The second-order valence-corrected chi connectivity index (χ2v) is 5.88. The van der Waals surface area contributed by atoms with Gasteiger partial charge in [0.15, 0.2) is 5.76 Å². The van der Waals surface area contributed by atoms with Crippen LogP contribution >= 0.6 is 11.6 Å². The normalized spacial score (nSPS) is 12.6. The maximum Gasteiger partial charge on any atom is 0.239 e. The number of nitrogens with two attached hydrogens (primary N) is 1. The van der Waals surface area contributed by atoms with Crippen LogP contribution in [0.2, 0.25) is 5.02 Å². The van der Waals surface area contributed by atoms with Crippen molar-refractivity contribution in [1.29, 1.82) is 0 Å². The summed E-state index contributed by atoms with van der Waals surface area (Å²) in [5.74, 6) is -0.340. The Balaban J connectivity index is 2.45. The van der Waals surface area contributed by atoms with Gasteiger partial charge in [-0.05, 0) is 36.4 Å². The summed E-state index contributed by atoms with van der Waals surface area (Å²) in [5.41, 5.74) is 5.30. The van der Waals surface area contributed by atoms with Gasteiger partial charge in [0, 0.05) is 5.02 Å². The van der Waals surface area contributed by atoms with E-state index in [9.17, 15) is 8.42 Å². The van der Waals surface area contributed by atoms with Crippen molar-refractivity contribution >= 4 is 27.3 Å². The van der Waals surface area contributed by atoms with E-state index in [0.29, 0.717) is 5.02 Å². The second kappa shape index (κ2) is 4.94. The minimum absolute atomic E-state index is 0.0324. The Labute approximate surface area is 114 Å². The Bertz CT molecular complexity index is 719. The lowest BCUT2D eigenvalue weighted by molar-refractivity contribution is 0.316. The average Bonchev–Trinajstić information content (AvgIpc) is 2.88. The van der Waals surface area contributed by atoms with Gasteiger partial charge in [-0.25, -0.2) is 8.42 Å². The van der Waals surface area contributed by atoms with E-state index in [-0.39, 0.29) is 21.6 Å². The fraction of sp³-hybridized carbons (Fsp3) is 0. The van der Waals surface area contributed by atoms with Crippen LogP contribution < -0.4 is 5.73 Å². The van der Waals surface area contributed by atoms with E-state index in [1.807, 2.05) is 0 Å². The molecule has 8 heteroatoms. The quantitative estimate of drug-likeness (QED) is 0.389. The van der Waals surface area contributed by atoms with Gasteiger partial charge in [0.05, 0.1) is 4.90 Å². The van der Waals surface area contributed by atoms with Crippen molar-refractivity contribution in [2.45, 2.75) is 9.99 Å². The number of sulfone groups is 1. The molecule has 1 heterocycles. The highest BCUT2D eigenvalue weighted by molar-refractivity contribution is 7.91. The van der Waals surface area contributed by atoms with E-state index in [1.54, 1.807) is 0 Å². The van der Waals surface area contributed by atoms with E-state index in [1.165, 1.54) is 36.4 Å². The highest BCUT2D eigenvalue weighted by Crippen LogP contribution is 2.24. The number of hydrogen-bond acceptors (Lipinski definition) is 5. The van der Waals surface area contributed by atoms with E-state index in [4.69, 9.17) is 27.0 Å². The van der Waals surface area contributed by atoms with Crippen LogP contribution in [0, 0.1) is 0 Å². The number of amidine groups is 1. The molecule has 2 aromatic rings. The molecule has 0 aliphatic carbocycles. The first kappa shape index (κ1) is 13.4. The molecular formula is C11H9ClN2O4S. The first-order chi connectivity index (χ1) is 8.95. The lowest BCUT2D eigenvalue weighted by Crippen LogP contribution is -2.11. The minimum Gasteiger partial charge on any atom is -0.441 e. The van der Waals surface area contributed by atoms with Gasteiger partial charge in [0.1, 0.15) is 0 Å². The third-order valence-electron chi connectivity index (χ3n) is 2.33. The molecule has 0 aliphatic rings. The second-order valence-electron chi connectivity index (χ2n) is 3.56. The number of furan rings is 1. The van der Waals surface area contributed by atoms with Gasteiger partial charge in [-0.1, -0.05) is 16.8 Å². The molecule has 19 heavy (non-hydrogen) atoms. The van der Waals surface area contributed by atoms with E-state index < -0.39 is 9.84 Å². The van der Waals surface area contributed by atoms with Gasteiger partial charge in [0.25, 0.3) is 0 Å². The molecule has 3 N–H and O–H groups in total. The van der Waals surface area contributed by atoms with Crippen LogP contribution in [0.25, 0.3) is 0 Å². The van der Waals surface area contributed by atoms with Crippen molar-refractivity contribution in [2.75, 3.05) is 0 Å². The number of rotatable bonds is 3. The molecule has 1 aromatic carbocycles. The maximum atomic E-state index is 12.2. The van der Waals surface area contributed by atoms with Crippen LogP contribution in [-0.4, -0.2) is 19.5 Å². The zero-order valence-electron chi connectivity index (χ0n) is 9.45. The summed E-state index contributed by atoms with van der Waals surface area (Å²) in [6.07, 6.45) is 0. The third-order valence-corrected chi connectivity index (χ3v) is 4.22. The highest BCUT2D eigenvalue weighted by atomic mass is 35.5. The summed E-state index contributed by atoms with van der Waals surface area (Å²) in [6, 6.07) is 8.19. The van der Waals surface area contributed by atoms with Gasteiger partial charge in [0.2, 0.25) is 20.8 Å². The minimum atomic E-state index is -3.79. The number of oxime groups is 1. The van der Waals surface area contributed by atoms with Crippen molar-refractivity contribution in [3.63, 3.8) is 0 Å². The first-order valence-electron chi connectivity index (χ1n) is 5.03. The van der Waals surface area contributed by atoms with E-state index in [2.05, 4.69) is 5.16 Å². The van der Waals surface area contributed by atoms with Crippen LogP contribution in [0.5, 0.6) is 0 Å². The molecule has 0 aliphatic heterocycles. The van der Waals surface area contributed by atoms with Crippen molar-refractivity contribution < 1.29 is 18.0 Å². The topological polar surface area (TPSA) is 106 Å². The Hall–Kier alpha value is -1.99. The van der Waals surface area contributed by atoms with Crippen molar-refractivity contribution in [2.24, 2.45) is 10.9 Å². The monoisotopic (exact) mass is 300 g/mol. The third kappa shape index (κ3) is 2.56. The molecule has 0 unspecified atom stereocenters. The summed E-state index contributed by atoms with van der Waals surface area (Å²) < 4.78 is 29.4.